The number of aromatic nitrogens is 6. The second-order valence-corrected chi connectivity index (χ2v) is 7.57. The Kier molecular flexibility index (Phi) is 7.58. The van der Waals surface area contributed by atoms with E-state index in [1.807, 2.05) is 57.4 Å². The molecule has 2 radical (unpaired) electrons. The average molecular weight is 573 g/mol. The third-order valence-corrected chi connectivity index (χ3v) is 4.84. The Morgan fingerprint density at radius 3 is 1.14 bits per heavy atom. The molecule has 4 aromatic heterocycles. The van der Waals surface area contributed by atoms with Gasteiger partial charge < -0.3 is 13.8 Å². The van der Waals surface area contributed by atoms with E-state index < -0.39 is 0 Å². The average Bonchev–Trinajstić information content (AvgIpc) is 3.35. The summed E-state index contributed by atoms with van der Waals surface area (Å²) in [5.41, 5.74) is 6.23. The summed E-state index contributed by atoms with van der Waals surface area (Å²) >= 11 is 1.71. The first-order valence-electron chi connectivity index (χ1n) is 8.92. The van der Waals surface area contributed by atoms with Crippen molar-refractivity contribution >= 4 is 18.5 Å². The smallest absolute Gasteiger partial charge is 0.261 e. The van der Waals surface area contributed by atoms with Gasteiger partial charge in [0.05, 0.1) is 17.1 Å². The molecule has 0 fully saturated rings. The summed E-state index contributed by atoms with van der Waals surface area (Å²) < 4.78 is 5.94. The molecular weight excluding hydrogens is 547 g/mol. The minimum Gasteiger partial charge on any atom is -0.422 e. The van der Waals surface area contributed by atoms with Crippen molar-refractivity contribution in [3.63, 3.8) is 0 Å². The Morgan fingerprint density at radius 2 is 0.964 bits per heavy atom. The zero-order chi connectivity index (χ0) is 19.6. The van der Waals surface area contributed by atoms with E-state index in [4.69, 9.17) is 0 Å². The van der Waals surface area contributed by atoms with E-state index >= 15 is 0 Å². The molecule has 6 nitrogen and oxygen atoms in total. The monoisotopic (exact) mass is 573 g/mol. The SMILES string of the molecule is Cc1cc(C)n([B-](n2nc(C)cc2C)n2nc(C)cc2C)n1.[Ir].c1ccsc1. The van der Waals surface area contributed by atoms with E-state index in [0.29, 0.717) is 0 Å². The van der Waals surface area contributed by atoms with Crippen LogP contribution in [0.5, 0.6) is 0 Å². The van der Waals surface area contributed by atoms with Crippen LogP contribution in [0.3, 0.4) is 0 Å². The van der Waals surface area contributed by atoms with Crippen LogP contribution in [-0.4, -0.2) is 36.2 Å². The Balaban J connectivity index is 0.000000408. The summed E-state index contributed by atoms with van der Waals surface area (Å²) in [6.45, 7) is 12.2. The van der Waals surface area contributed by atoms with Gasteiger partial charge in [-0.2, -0.15) is 11.3 Å². The van der Waals surface area contributed by atoms with Gasteiger partial charge in [0.1, 0.15) is 0 Å². The van der Waals surface area contributed by atoms with Crippen LogP contribution < -0.4 is 0 Å². The summed E-state index contributed by atoms with van der Waals surface area (Å²) in [6, 6.07) is 10.3. The van der Waals surface area contributed by atoms with Crippen molar-refractivity contribution in [1.82, 2.24) is 29.1 Å². The molecule has 0 unspecified atom stereocenters. The van der Waals surface area contributed by atoms with Crippen LogP contribution in [0.25, 0.3) is 0 Å². The summed E-state index contributed by atoms with van der Waals surface area (Å²) in [4.78, 5) is 0. The predicted octanol–water partition coefficient (Wildman–Crippen LogP) is 3.80. The minimum absolute atomic E-state index is 0. The fourth-order valence-electron chi connectivity index (χ4n) is 3.18. The van der Waals surface area contributed by atoms with Gasteiger partial charge in [-0.1, -0.05) is 12.1 Å². The third kappa shape index (κ3) is 4.90. The van der Waals surface area contributed by atoms with Gasteiger partial charge in [-0.15, -0.1) is 0 Å². The third-order valence-electron chi connectivity index (χ3n) is 4.22. The summed E-state index contributed by atoms with van der Waals surface area (Å²) in [7, 11) is -0.226. The van der Waals surface area contributed by atoms with Gasteiger partial charge in [0.2, 0.25) is 0 Å². The van der Waals surface area contributed by atoms with E-state index in [9.17, 15) is 0 Å². The van der Waals surface area contributed by atoms with Crippen molar-refractivity contribution in [3.8, 4) is 0 Å². The second-order valence-electron chi connectivity index (χ2n) is 6.75. The molecule has 0 amide bonds. The maximum Gasteiger partial charge on any atom is 0.261 e. The molecule has 0 bridgehead atoms. The Hall–Kier alpha value is -1.96. The minimum atomic E-state index is -0.226. The molecule has 0 saturated heterocycles. The maximum atomic E-state index is 4.66. The Labute approximate surface area is 184 Å². The first kappa shape index (κ1) is 22.3. The van der Waals surface area contributed by atoms with Crippen molar-refractivity contribution in [1.29, 1.82) is 0 Å². The van der Waals surface area contributed by atoms with Crippen LogP contribution in [0.4, 0.5) is 0 Å². The van der Waals surface area contributed by atoms with Crippen LogP contribution in [0.15, 0.2) is 41.1 Å². The van der Waals surface area contributed by atoms with E-state index in [1.54, 1.807) is 11.3 Å². The van der Waals surface area contributed by atoms with Gasteiger partial charge in [-0.25, -0.2) is 15.3 Å². The molecule has 4 rings (SSSR count). The number of thiophene rings is 1. The van der Waals surface area contributed by atoms with Gasteiger partial charge in [-0.05, 0) is 87.6 Å². The fourth-order valence-corrected chi connectivity index (χ4v) is 3.63. The predicted molar refractivity (Wildman–Crippen MR) is 111 cm³/mol. The van der Waals surface area contributed by atoms with Crippen molar-refractivity contribution in [2.45, 2.75) is 41.5 Å². The summed E-state index contributed by atoms with van der Waals surface area (Å²) in [6.07, 6.45) is 0. The molecule has 0 aliphatic rings. The molecule has 0 N–H and O–H groups in total. The molecule has 4 heterocycles. The van der Waals surface area contributed by atoms with Gasteiger partial charge in [-0.3, -0.25) is 0 Å². The second kappa shape index (κ2) is 9.50. The molecule has 0 aromatic carbocycles. The summed E-state index contributed by atoms with van der Waals surface area (Å²) in [5, 5.41) is 18.1. The zero-order valence-corrected chi connectivity index (χ0v) is 20.3. The molecule has 0 spiro atoms. The van der Waals surface area contributed by atoms with Gasteiger partial charge in [0.15, 0.2) is 0 Å². The van der Waals surface area contributed by atoms with Crippen molar-refractivity contribution < 1.29 is 20.1 Å². The number of aryl methyl sites for hydroxylation is 6. The van der Waals surface area contributed by atoms with E-state index in [1.165, 1.54) is 0 Å². The Bertz CT molecular complexity index is 891. The molecule has 4 aromatic rings. The molecule has 0 aliphatic carbocycles. The van der Waals surface area contributed by atoms with Crippen molar-refractivity contribution in [3.05, 3.63) is 75.3 Å². The molecule has 0 atom stereocenters. The van der Waals surface area contributed by atoms with Crippen LogP contribution >= 0.6 is 11.3 Å². The number of rotatable bonds is 3. The van der Waals surface area contributed by atoms with Crippen LogP contribution in [-0.2, 0) is 20.1 Å². The van der Waals surface area contributed by atoms with Gasteiger partial charge in [0, 0.05) is 20.1 Å². The van der Waals surface area contributed by atoms with E-state index in [-0.39, 0.29) is 27.2 Å². The molecule has 9 heteroatoms. The largest absolute Gasteiger partial charge is 0.422 e. The van der Waals surface area contributed by atoms with Gasteiger partial charge in [0.25, 0.3) is 7.12 Å². The zero-order valence-electron chi connectivity index (χ0n) is 17.0. The summed E-state index contributed by atoms with van der Waals surface area (Å²) in [5.74, 6) is 0. The van der Waals surface area contributed by atoms with E-state index in [0.717, 1.165) is 34.2 Å². The standard InChI is InChI=1S/C15H21BN6.C4H4S.Ir/c1-10-7-13(4)20(17-10)16(21-14(5)8-11(2)18-21)22-15(6)9-12(3)19-22;1-2-4-5-3-1;/h7-9H,1-6H3;1-4H;/q-1;;. The number of nitrogens with zero attached hydrogens (tertiary/aromatic N) is 6. The fraction of sp³-hybridized carbons (Fsp3) is 0.316. The quantitative estimate of drug-likeness (QED) is 0.351. The first-order chi connectivity index (χ1) is 12.9. The van der Waals surface area contributed by atoms with Crippen LogP contribution in [0.2, 0.25) is 0 Å². The molecule has 0 aliphatic heterocycles. The van der Waals surface area contributed by atoms with Crippen molar-refractivity contribution in [2.24, 2.45) is 0 Å². The molecule has 28 heavy (non-hydrogen) atoms. The maximum absolute atomic E-state index is 4.66. The van der Waals surface area contributed by atoms with E-state index in [2.05, 4.69) is 54.3 Å². The van der Waals surface area contributed by atoms with Crippen molar-refractivity contribution in [2.75, 3.05) is 0 Å². The Morgan fingerprint density at radius 1 is 0.643 bits per heavy atom. The van der Waals surface area contributed by atoms with Gasteiger partial charge >= 0.3 is 0 Å². The van der Waals surface area contributed by atoms with Crippen LogP contribution in [0.1, 0.15) is 34.2 Å². The first-order valence-corrected chi connectivity index (χ1v) is 9.86. The molecular formula is C19H25BIrN6S-. The molecule has 0 saturated carbocycles. The van der Waals surface area contributed by atoms with Crippen LogP contribution in [0, 0.1) is 41.5 Å². The molecule has 150 valence electrons. The normalized spacial score (nSPS) is 10.5. The number of hydrogen-bond donors (Lipinski definition) is 0. The number of hydrogen-bond acceptors (Lipinski definition) is 4. The topological polar surface area (TPSA) is 53.5 Å².